The first-order valence-electron chi connectivity index (χ1n) is 5.68. The second kappa shape index (κ2) is 3.29. The van der Waals surface area contributed by atoms with E-state index in [9.17, 15) is 4.79 Å². The zero-order valence-corrected chi connectivity index (χ0v) is 9.90. The Hall–Kier alpha value is -1.91. The van der Waals surface area contributed by atoms with Gasteiger partial charge in [0.1, 0.15) is 17.5 Å². The van der Waals surface area contributed by atoms with E-state index in [2.05, 4.69) is 22.2 Å². The van der Waals surface area contributed by atoms with Crippen LogP contribution in [0.15, 0.2) is 23.4 Å². The highest BCUT2D eigenvalue weighted by molar-refractivity contribution is 5.88. The molecule has 88 valence electrons. The van der Waals surface area contributed by atoms with E-state index in [0.29, 0.717) is 16.7 Å². The van der Waals surface area contributed by atoms with Crippen LogP contribution in [-0.2, 0) is 7.05 Å². The molecule has 1 saturated carbocycles. The molecule has 5 heteroatoms. The maximum Gasteiger partial charge on any atom is 0.263 e. The highest BCUT2D eigenvalue weighted by Gasteiger charge is 2.38. The molecule has 17 heavy (non-hydrogen) atoms. The largest absolute Gasteiger partial charge is 0.364 e. The molecule has 1 aliphatic carbocycles. The van der Waals surface area contributed by atoms with E-state index < -0.39 is 0 Å². The summed E-state index contributed by atoms with van der Waals surface area (Å²) in [4.78, 5) is 20.4. The van der Waals surface area contributed by atoms with Crippen LogP contribution in [0.4, 0.5) is 5.82 Å². The second-order valence-electron chi connectivity index (χ2n) is 4.90. The molecule has 0 atom stereocenters. The molecule has 1 aliphatic rings. The van der Waals surface area contributed by atoms with Crippen molar-refractivity contribution in [2.45, 2.75) is 25.3 Å². The van der Waals surface area contributed by atoms with Crippen molar-refractivity contribution in [3.8, 4) is 0 Å². The van der Waals surface area contributed by atoms with Gasteiger partial charge < -0.3 is 9.88 Å². The Kier molecular flexibility index (Phi) is 1.98. The molecule has 1 N–H and O–H groups in total. The van der Waals surface area contributed by atoms with Crippen molar-refractivity contribution >= 4 is 16.7 Å². The van der Waals surface area contributed by atoms with Gasteiger partial charge in [-0.3, -0.25) is 4.79 Å². The highest BCUT2D eigenvalue weighted by Crippen LogP contribution is 2.38. The Balaban J connectivity index is 2.23. The molecule has 0 aliphatic heterocycles. The van der Waals surface area contributed by atoms with Crippen LogP contribution in [0.2, 0.25) is 0 Å². The zero-order valence-electron chi connectivity index (χ0n) is 9.90. The van der Waals surface area contributed by atoms with Crippen LogP contribution < -0.4 is 10.9 Å². The summed E-state index contributed by atoms with van der Waals surface area (Å²) in [5, 5.41) is 3.91. The number of anilines is 1. The van der Waals surface area contributed by atoms with Crippen molar-refractivity contribution in [3.63, 3.8) is 0 Å². The van der Waals surface area contributed by atoms with Gasteiger partial charge in [0, 0.05) is 18.8 Å². The Labute approximate surface area is 98.5 Å². The number of aromatic nitrogens is 3. The number of aryl methyl sites for hydroxylation is 1. The summed E-state index contributed by atoms with van der Waals surface area (Å²) in [5.41, 5.74) is 0.729. The van der Waals surface area contributed by atoms with Crippen LogP contribution in [0.25, 0.3) is 10.9 Å². The second-order valence-corrected chi connectivity index (χ2v) is 4.90. The van der Waals surface area contributed by atoms with Gasteiger partial charge in [0.25, 0.3) is 5.56 Å². The van der Waals surface area contributed by atoms with Gasteiger partial charge >= 0.3 is 0 Å². The third-order valence-corrected chi connectivity index (χ3v) is 3.29. The molecule has 0 aromatic carbocycles. The van der Waals surface area contributed by atoms with Crippen LogP contribution in [-0.4, -0.2) is 20.1 Å². The summed E-state index contributed by atoms with van der Waals surface area (Å²) in [5.74, 6) is 0.649. The number of fused-ring (bicyclic) bond motifs is 1. The van der Waals surface area contributed by atoms with Gasteiger partial charge in [-0.1, -0.05) is 0 Å². The quantitative estimate of drug-likeness (QED) is 0.844. The monoisotopic (exact) mass is 230 g/mol. The molecule has 2 aromatic rings. The standard InChI is InChI=1S/C12H14N4O/c1-12(4-5-12)15-10-9-8(13-7-14-10)3-6-16(2)11(9)17/h3,6-7H,4-5H2,1-2H3,(H,13,14,15). The lowest BCUT2D eigenvalue weighted by atomic mass is 10.2. The Morgan fingerprint density at radius 3 is 2.88 bits per heavy atom. The van der Waals surface area contributed by atoms with Gasteiger partial charge in [0.2, 0.25) is 0 Å². The number of pyridine rings is 1. The molecule has 0 spiro atoms. The molecular weight excluding hydrogens is 216 g/mol. The first-order chi connectivity index (χ1) is 8.09. The van der Waals surface area contributed by atoms with Crippen LogP contribution in [0.3, 0.4) is 0 Å². The molecule has 0 radical (unpaired) electrons. The summed E-state index contributed by atoms with van der Waals surface area (Å²) in [6.45, 7) is 2.13. The predicted octanol–water partition coefficient (Wildman–Crippen LogP) is 1.29. The molecule has 0 bridgehead atoms. The van der Waals surface area contributed by atoms with Crippen LogP contribution >= 0.6 is 0 Å². The van der Waals surface area contributed by atoms with Crippen molar-refractivity contribution < 1.29 is 0 Å². The lowest BCUT2D eigenvalue weighted by Crippen LogP contribution is -2.22. The number of rotatable bonds is 2. The van der Waals surface area contributed by atoms with E-state index in [1.165, 1.54) is 6.33 Å². The third-order valence-electron chi connectivity index (χ3n) is 3.29. The van der Waals surface area contributed by atoms with E-state index in [4.69, 9.17) is 0 Å². The Morgan fingerprint density at radius 1 is 1.41 bits per heavy atom. The van der Waals surface area contributed by atoms with Gasteiger partial charge in [-0.05, 0) is 25.8 Å². The minimum atomic E-state index is -0.0603. The lowest BCUT2D eigenvalue weighted by Gasteiger charge is -2.13. The molecule has 0 unspecified atom stereocenters. The van der Waals surface area contributed by atoms with Gasteiger partial charge in [-0.25, -0.2) is 9.97 Å². The predicted molar refractivity (Wildman–Crippen MR) is 66.0 cm³/mol. The number of hydrogen-bond acceptors (Lipinski definition) is 4. The first-order valence-corrected chi connectivity index (χ1v) is 5.68. The molecule has 2 aromatic heterocycles. The summed E-state index contributed by atoms with van der Waals surface area (Å²) in [6, 6.07) is 1.83. The normalized spacial score (nSPS) is 17.1. The summed E-state index contributed by atoms with van der Waals surface area (Å²) in [7, 11) is 1.73. The number of nitrogens with one attached hydrogen (secondary N) is 1. The van der Waals surface area contributed by atoms with Crippen molar-refractivity contribution in [3.05, 3.63) is 28.9 Å². The number of hydrogen-bond donors (Lipinski definition) is 1. The maximum atomic E-state index is 12.1. The molecule has 0 amide bonds. The highest BCUT2D eigenvalue weighted by atomic mass is 16.1. The summed E-state index contributed by atoms with van der Waals surface area (Å²) in [6.07, 6.45) is 5.45. The maximum absolute atomic E-state index is 12.1. The van der Waals surface area contributed by atoms with Crippen LogP contribution in [0.1, 0.15) is 19.8 Å². The van der Waals surface area contributed by atoms with Gasteiger partial charge in [0.05, 0.1) is 5.52 Å². The van der Waals surface area contributed by atoms with Crippen molar-refractivity contribution in [1.29, 1.82) is 0 Å². The number of nitrogens with zero attached hydrogens (tertiary/aromatic N) is 3. The first kappa shape index (κ1) is 10.3. The van der Waals surface area contributed by atoms with Crippen molar-refractivity contribution in [1.82, 2.24) is 14.5 Å². The van der Waals surface area contributed by atoms with E-state index in [1.807, 2.05) is 6.07 Å². The Morgan fingerprint density at radius 2 is 2.18 bits per heavy atom. The van der Waals surface area contributed by atoms with Crippen molar-refractivity contribution in [2.75, 3.05) is 5.32 Å². The summed E-state index contributed by atoms with van der Waals surface area (Å²) < 4.78 is 1.55. The molecule has 3 rings (SSSR count). The van der Waals surface area contributed by atoms with E-state index in [0.717, 1.165) is 12.8 Å². The van der Waals surface area contributed by atoms with Crippen LogP contribution in [0.5, 0.6) is 0 Å². The molecule has 1 fully saturated rings. The SMILES string of the molecule is Cn1ccc2ncnc(NC3(C)CC3)c2c1=O. The topological polar surface area (TPSA) is 59.8 Å². The Bertz CT molecular complexity index is 642. The van der Waals surface area contributed by atoms with E-state index in [1.54, 1.807) is 17.8 Å². The molecular formula is C12H14N4O. The zero-order chi connectivity index (χ0) is 12.0. The van der Waals surface area contributed by atoms with Gasteiger partial charge in [-0.15, -0.1) is 0 Å². The van der Waals surface area contributed by atoms with Gasteiger partial charge in [0.15, 0.2) is 0 Å². The average molecular weight is 230 g/mol. The minimum Gasteiger partial charge on any atom is -0.364 e. The fourth-order valence-electron chi connectivity index (χ4n) is 1.86. The minimum absolute atomic E-state index is 0.0603. The third kappa shape index (κ3) is 1.67. The van der Waals surface area contributed by atoms with Crippen LogP contribution in [0, 0.1) is 0 Å². The lowest BCUT2D eigenvalue weighted by molar-refractivity contribution is 0.819. The fourth-order valence-corrected chi connectivity index (χ4v) is 1.86. The molecule has 2 heterocycles. The summed E-state index contributed by atoms with van der Waals surface area (Å²) >= 11 is 0. The fraction of sp³-hybridized carbons (Fsp3) is 0.417. The van der Waals surface area contributed by atoms with E-state index in [-0.39, 0.29) is 11.1 Å². The average Bonchev–Trinajstić information content (AvgIpc) is 3.02. The smallest absolute Gasteiger partial charge is 0.263 e. The molecule has 5 nitrogen and oxygen atoms in total. The van der Waals surface area contributed by atoms with Crippen molar-refractivity contribution in [2.24, 2.45) is 7.05 Å². The van der Waals surface area contributed by atoms with Gasteiger partial charge in [-0.2, -0.15) is 0 Å². The van der Waals surface area contributed by atoms with E-state index >= 15 is 0 Å². The molecule has 0 saturated heterocycles.